The minimum atomic E-state index is -0.369. The van der Waals surface area contributed by atoms with Crippen LogP contribution in [-0.4, -0.2) is 21.7 Å². The van der Waals surface area contributed by atoms with E-state index in [0.717, 1.165) is 0 Å². The maximum absolute atomic E-state index is 13.7. The Bertz CT molecular complexity index is 559. The van der Waals surface area contributed by atoms with Crippen LogP contribution in [-0.2, 0) is 4.79 Å². The van der Waals surface area contributed by atoms with Crippen LogP contribution in [0.5, 0.6) is 0 Å². The molecule has 1 aromatic rings. The quantitative estimate of drug-likeness (QED) is 0.600. The zero-order valence-corrected chi connectivity index (χ0v) is 12.7. The molecule has 1 heterocycles. The Morgan fingerprint density at radius 3 is 2.83 bits per heavy atom. The van der Waals surface area contributed by atoms with Crippen molar-refractivity contribution < 1.29 is 9.18 Å². The topological polar surface area (TPSA) is 20.3 Å². The van der Waals surface area contributed by atoms with Crippen molar-refractivity contribution in [3.8, 4) is 0 Å². The summed E-state index contributed by atoms with van der Waals surface area (Å²) in [6.45, 7) is 2.39. The third kappa shape index (κ3) is 2.65. The van der Waals surface area contributed by atoms with E-state index in [2.05, 4.69) is 15.9 Å². The minimum absolute atomic E-state index is 0.158. The fraction of sp³-hybridized carbons (Fsp3) is 0.167. The van der Waals surface area contributed by atoms with Crippen LogP contribution in [0.3, 0.4) is 0 Å². The molecule has 0 N–H and O–H groups in total. The van der Waals surface area contributed by atoms with Crippen LogP contribution in [0.2, 0.25) is 0 Å². The Kier molecular flexibility index (Phi) is 4.19. The molecule has 1 saturated heterocycles. The van der Waals surface area contributed by atoms with Crippen molar-refractivity contribution in [2.75, 3.05) is 6.54 Å². The van der Waals surface area contributed by atoms with Crippen molar-refractivity contribution in [2.45, 2.75) is 6.92 Å². The van der Waals surface area contributed by atoms with Crippen molar-refractivity contribution in [1.29, 1.82) is 0 Å². The molecule has 0 unspecified atom stereocenters. The second kappa shape index (κ2) is 5.50. The van der Waals surface area contributed by atoms with E-state index < -0.39 is 0 Å². The highest BCUT2D eigenvalue weighted by Crippen LogP contribution is 2.32. The number of halogens is 2. The molecule has 0 spiro atoms. The van der Waals surface area contributed by atoms with Crippen LogP contribution in [0.1, 0.15) is 12.5 Å². The molecule has 0 aromatic heterocycles. The van der Waals surface area contributed by atoms with Crippen LogP contribution in [0.25, 0.3) is 6.08 Å². The van der Waals surface area contributed by atoms with E-state index in [9.17, 15) is 9.18 Å². The molecule has 0 saturated carbocycles. The number of thioether (sulfide) groups is 1. The van der Waals surface area contributed by atoms with Gasteiger partial charge in [-0.2, -0.15) is 0 Å². The molecule has 18 heavy (non-hydrogen) atoms. The number of benzene rings is 1. The molecule has 1 amide bonds. The summed E-state index contributed by atoms with van der Waals surface area (Å²) in [7, 11) is 0. The van der Waals surface area contributed by atoms with Crippen molar-refractivity contribution in [3.63, 3.8) is 0 Å². The number of carbonyl (C=O) groups excluding carboxylic acids is 1. The molecular weight excluding hydrogens is 337 g/mol. The number of nitrogens with zero attached hydrogens (tertiary/aromatic N) is 1. The normalized spacial score (nSPS) is 17.9. The highest BCUT2D eigenvalue weighted by Gasteiger charge is 2.30. The van der Waals surface area contributed by atoms with Crippen LogP contribution in [0.15, 0.2) is 27.6 Å². The third-order valence-electron chi connectivity index (χ3n) is 2.44. The van der Waals surface area contributed by atoms with Crippen LogP contribution < -0.4 is 0 Å². The summed E-state index contributed by atoms with van der Waals surface area (Å²) < 4.78 is 14.9. The largest absolute Gasteiger partial charge is 0.293 e. The smallest absolute Gasteiger partial charge is 0.266 e. The fourth-order valence-electron chi connectivity index (χ4n) is 1.53. The fourth-order valence-corrected chi connectivity index (χ4v) is 3.24. The Balaban J connectivity index is 2.35. The molecule has 2 nitrogen and oxygen atoms in total. The van der Waals surface area contributed by atoms with Gasteiger partial charge < -0.3 is 0 Å². The molecule has 0 bridgehead atoms. The summed E-state index contributed by atoms with van der Waals surface area (Å²) >= 11 is 9.48. The van der Waals surface area contributed by atoms with Gasteiger partial charge in [0, 0.05) is 16.6 Å². The van der Waals surface area contributed by atoms with E-state index in [1.54, 1.807) is 12.1 Å². The van der Waals surface area contributed by atoms with Gasteiger partial charge in [0.2, 0.25) is 0 Å². The van der Waals surface area contributed by atoms with Gasteiger partial charge in [-0.1, -0.05) is 46.0 Å². The first kappa shape index (κ1) is 13.7. The molecule has 0 atom stereocenters. The number of thiocarbonyl (C=S) groups is 1. The molecule has 2 rings (SSSR count). The second-order valence-electron chi connectivity index (χ2n) is 3.59. The Morgan fingerprint density at radius 1 is 1.56 bits per heavy atom. The zero-order chi connectivity index (χ0) is 13.3. The summed E-state index contributed by atoms with van der Waals surface area (Å²) in [5, 5.41) is 0. The van der Waals surface area contributed by atoms with Gasteiger partial charge in [0.25, 0.3) is 5.91 Å². The molecule has 1 fully saturated rings. The van der Waals surface area contributed by atoms with E-state index in [4.69, 9.17) is 12.2 Å². The molecule has 0 aliphatic carbocycles. The molecule has 1 aromatic carbocycles. The van der Waals surface area contributed by atoms with Crippen LogP contribution in [0, 0.1) is 5.82 Å². The number of hydrogen-bond donors (Lipinski definition) is 0. The van der Waals surface area contributed by atoms with Crippen LogP contribution >= 0.6 is 39.9 Å². The molecule has 1 aliphatic heterocycles. The van der Waals surface area contributed by atoms with E-state index >= 15 is 0 Å². The van der Waals surface area contributed by atoms with Crippen molar-refractivity contribution in [1.82, 2.24) is 4.90 Å². The maximum atomic E-state index is 13.7. The molecule has 1 aliphatic rings. The molecule has 6 heteroatoms. The summed E-state index contributed by atoms with van der Waals surface area (Å²) in [5.41, 5.74) is 0.384. The van der Waals surface area contributed by atoms with Gasteiger partial charge in [0.15, 0.2) is 0 Å². The number of hydrogen-bond acceptors (Lipinski definition) is 3. The van der Waals surface area contributed by atoms with Gasteiger partial charge in [0.05, 0.1) is 4.91 Å². The van der Waals surface area contributed by atoms with Crippen LogP contribution in [0.4, 0.5) is 4.39 Å². The monoisotopic (exact) mass is 345 g/mol. The van der Waals surface area contributed by atoms with Gasteiger partial charge >= 0.3 is 0 Å². The van der Waals surface area contributed by atoms with E-state index in [0.29, 0.717) is 25.8 Å². The van der Waals surface area contributed by atoms with Gasteiger partial charge in [-0.05, 0) is 25.1 Å². The summed E-state index contributed by atoms with van der Waals surface area (Å²) in [5.74, 6) is -0.527. The van der Waals surface area contributed by atoms with Gasteiger partial charge in [-0.15, -0.1) is 0 Å². The first-order chi connectivity index (χ1) is 8.52. The predicted molar refractivity (Wildman–Crippen MR) is 79.7 cm³/mol. The van der Waals surface area contributed by atoms with E-state index in [1.165, 1.54) is 28.8 Å². The summed E-state index contributed by atoms with van der Waals surface area (Å²) in [6.07, 6.45) is 1.54. The van der Waals surface area contributed by atoms with E-state index in [-0.39, 0.29) is 11.7 Å². The van der Waals surface area contributed by atoms with Crippen molar-refractivity contribution in [2.24, 2.45) is 0 Å². The highest BCUT2D eigenvalue weighted by atomic mass is 79.9. The average Bonchev–Trinajstić information content (AvgIpc) is 2.58. The number of amides is 1. The van der Waals surface area contributed by atoms with E-state index in [1.807, 2.05) is 6.92 Å². The lowest BCUT2D eigenvalue weighted by atomic mass is 10.2. The summed E-state index contributed by atoms with van der Waals surface area (Å²) in [4.78, 5) is 13.9. The lowest BCUT2D eigenvalue weighted by Crippen LogP contribution is -2.27. The van der Waals surface area contributed by atoms with Gasteiger partial charge in [-0.25, -0.2) is 4.39 Å². The first-order valence-electron chi connectivity index (χ1n) is 5.23. The third-order valence-corrected chi connectivity index (χ3v) is 4.31. The standard InChI is InChI=1S/C12H9BrFNOS2/c1-2-15-11(16)10(18-12(15)17)5-7-3-4-8(13)6-9(7)14/h3-6H,2H2,1H3/b10-5+. The van der Waals surface area contributed by atoms with Crippen molar-refractivity contribution >= 4 is 56.2 Å². The lowest BCUT2D eigenvalue weighted by molar-refractivity contribution is -0.121. The Labute approximate surface area is 122 Å². The SMILES string of the molecule is CCN1C(=O)/C(=C\c2ccc(Br)cc2F)SC1=S. The Morgan fingerprint density at radius 2 is 2.28 bits per heavy atom. The first-order valence-corrected chi connectivity index (χ1v) is 7.25. The number of carbonyl (C=O) groups is 1. The lowest BCUT2D eigenvalue weighted by Gasteiger charge is -2.09. The average molecular weight is 346 g/mol. The predicted octanol–water partition coefficient (Wildman–Crippen LogP) is 3.81. The zero-order valence-electron chi connectivity index (χ0n) is 9.44. The van der Waals surface area contributed by atoms with Crippen molar-refractivity contribution in [3.05, 3.63) is 39.0 Å². The Hall–Kier alpha value is -0.720. The molecular formula is C12H9BrFNOS2. The highest BCUT2D eigenvalue weighted by molar-refractivity contribution is 9.10. The number of rotatable bonds is 2. The number of likely N-dealkylation sites (N-methyl/N-ethyl adjacent to an activating group) is 1. The van der Waals surface area contributed by atoms with Gasteiger partial charge in [-0.3, -0.25) is 9.69 Å². The molecule has 94 valence electrons. The molecule has 0 radical (unpaired) electrons. The summed E-state index contributed by atoms with van der Waals surface area (Å²) in [6, 6.07) is 4.72. The maximum Gasteiger partial charge on any atom is 0.266 e. The second-order valence-corrected chi connectivity index (χ2v) is 6.18. The minimum Gasteiger partial charge on any atom is -0.293 e. The van der Waals surface area contributed by atoms with Gasteiger partial charge in [0.1, 0.15) is 10.1 Å².